The number of hydrogen-bond donors (Lipinski definition) is 1. The van der Waals surface area contributed by atoms with Crippen molar-refractivity contribution in [2.45, 2.75) is 45.1 Å². The fourth-order valence-electron chi connectivity index (χ4n) is 4.70. The summed E-state index contributed by atoms with van der Waals surface area (Å²) in [4.78, 5) is 16.0. The quantitative estimate of drug-likeness (QED) is 0.195. The molecular weight excluding hydrogens is 464 g/mol. The van der Waals surface area contributed by atoms with Gasteiger partial charge in [0.15, 0.2) is 0 Å². The van der Waals surface area contributed by atoms with E-state index in [1.807, 2.05) is 60.7 Å². The van der Waals surface area contributed by atoms with E-state index in [2.05, 4.69) is 22.8 Å². The molecule has 0 spiro atoms. The zero-order valence-electron chi connectivity index (χ0n) is 21.5. The molecule has 0 aliphatic rings. The van der Waals surface area contributed by atoms with E-state index in [1.54, 1.807) is 14.2 Å². The van der Waals surface area contributed by atoms with Gasteiger partial charge in [0, 0.05) is 29.7 Å². The highest BCUT2D eigenvalue weighted by Gasteiger charge is 2.24. The molecule has 0 saturated heterocycles. The molecule has 1 N–H and O–H groups in total. The third-order valence-electron chi connectivity index (χ3n) is 6.50. The van der Waals surface area contributed by atoms with Crippen LogP contribution in [0, 0.1) is 0 Å². The number of hydrogen-bond acceptors (Lipinski definition) is 4. The van der Waals surface area contributed by atoms with E-state index >= 15 is 0 Å². The van der Waals surface area contributed by atoms with Crippen LogP contribution in [0.4, 0.5) is 0 Å². The molecular formula is C31H34N2O4. The van der Waals surface area contributed by atoms with Crippen molar-refractivity contribution in [1.29, 1.82) is 0 Å². The Hall–Kier alpha value is -4.06. The van der Waals surface area contributed by atoms with Crippen LogP contribution >= 0.6 is 0 Å². The lowest BCUT2D eigenvalue weighted by molar-refractivity contribution is -0.137. The van der Waals surface area contributed by atoms with Crippen LogP contribution < -0.4 is 9.47 Å². The Morgan fingerprint density at radius 3 is 2.00 bits per heavy atom. The number of nitrogens with zero attached hydrogens (tertiary/aromatic N) is 2. The topological polar surface area (TPSA) is 73.6 Å². The average Bonchev–Trinajstić information content (AvgIpc) is 3.31. The number of rotatable bonds is 13. The van der Waals surface area contributed by atoms with E-state index in [-0.39, 0.29) is 6.42 Å². The Labute approximate surface area is 218 Å². The summed E-state index contributed by atoms with van der Waals surface area (Å²) in [5.41, 5.74) is 4.78. The lowest BCUT2D eigenvalue weighted by atomic mass is 10.0. The van der Waals surface area contributed by atoms with Crippen LogP contribution in [0.15, 0.2) is 78.9 Å². The predicted octanol–water partition coefficient (Wildman–Crippen LogP) is 7.33. The van der Waals surface area contributed by atoms with E-state index < -0.39 is 5.97 Å². The number of carboxylic acids is 1. The van der Waals surface area contributed by atoms with Gasteiger partial charge in [0.2, 0.25) is 0 Å². The van der Waals surface area contributed by atoms with Gasteiger partial charge in [0.05, 0.1) is 19.9 Å². The Kier molecular flexibility index (Phi) is 8.98. The molecule has 6 nitrogen and oxygen atoms in total. The van der Waals surface area contributed by atoms with Crippen molar-refractivity contribution in [2.75, 3.05) is 14.2 Å². The predicted molar refractivity (Wildman–Crippen MR) is 147 cm³/mol. The number of carboxylic acid groups (broad SMARTS) is 1. The molecule has 0 aliphatic heterocycles. The SMILES string of the molecule is COc1ccccc1-c1nc(-c2ccccc2)n(CCCCCCCC(=O)O)c1-c1ccccc1OC. The summed E-state index contributed by atoms with van der Waals surface area (Å²) < 4.78 is 13.8. The molecule has 1 heterocycles. The molecule has 0 radical (unpaired) electrons. The van der Waals surface area contributed by atoms with Crippen LogP contribution in [0.1, 0.15) is 38.5 Å². The zero-order valence-corrected chi connectivity index (χ0v) is 21.5. The average molecular weight is 499 g/mol. The van der Waals surface area contributed by atoms with Gasteiger partial charge in [-0.15, -0.1) is 0 Å². The van der Waals surface area contributed by atoms with Gasteiger partial charge in [-0.3, -0.25) is 4.79 Å². The van der Waals surface area contributed by atoms with Crippen LogP contribution in [0.25, 0.3) is 33.9 Å². The molecule has 4 rings (SSSR count). The van der Waals surface area contributed by atoms with Crippen molar-refractivity contribution >= 4 is 5.97 Å². The van der Waals surface area contributed by atoms with Crippen molar-refractivity contribution in [1.82, 2.24) is 9.55 Å². The van der Waals surface area contributed by atoms with Gasteiger partial charge in [-0.2, -0.15) is 0 Å². The van der Waals surface area contributed by atoms with E-state index in [4.69, 9.17) is 19.6 Å². The molecule has 0 aliphatic carbocycles. The van der Waals surface area contributed by atoms with Gasteiger partial charge in [0.1, 0.15) is 23.0 Å². The molecule has 6 heteroatoms. The molecule has 1 aromatic heterocycles. The van der Waals surface area contributed by atoms with Gasteiger partial charge in [-0.25, -0.2) is 4.98 Å². The van der Waals surface area contributed by atoms with Crippen LogP contribution in [0.3, 0.4) is 0 Å². The number of carbonyl (C=O) groups is 1. The van der Waals surface area contributed by atoms with Crippen molar-refractivity contribution in [3.05, 3.63) is 78.9 Å². The fraction of sp³-hybridized carbons (Fsp3) is 0.290. The van der Waals surface area contributed by atoms with E-state index in [0.717, 1.165) is 84.1 Å². The highest BCUT2D eigenvalue weighted by atomic mass is 16.5. The maximum Gasteiger partial charge on any atom is 0.303 e. The number of imidazole rings is 1. The lowest BCUT2D eigenvalue weighted by Crippen LogP contribution is -2.04. The number of unbranched alkanes of at least 4 members (excludes halogenated alkanes) is 4. The van der Waals surface area contributed by atoms with Gasteiger partial charge in [-0.1, -0.05) is 73.9 Å². The van der Waals surface area contributed by atoms with Crippen molar-refractivity contribution in [3.63, 3.8) is 0 Å². The third kappa shape index (κ3) is 6.20. The molecule has 0 saturated carbocycles. The number of aromatic nitrogens is 2. The molecule has 3 aromatic carbocycles. The second-order valence-corrected chi connectivity index (χ2v) is 8.96. The van der Waals surface area contributed by atoms with E-state index in [0.29, 0.717) is 0 Å². The summed E-state index contributed by atoms with van der Waals surface area (Å²) in [7, 11) is 3.37. The minimum absolute atomic E-state index is 0.236. The maximum absolute atomic E-state index is 10.8. The summed E-state index contributed by atoms with van der Waals surface area (Å²) in [5.74, 6) is 1.72. The summed E-state index contributed by atoms with van der Waals surface area (Å²) in [5, 5.41) is 8.89. The van der Waals surface area contributed by atoms with Crippen LogP contribution in [-0.2, 0) is 11.3 Å². The first-order chi connectivity index (χ1) is 18.1. The number of methoxy groups -OCH3 is 2. The van der Waals surface area contributed by atoms with E-state index in [1.165, 1.54) is 0 Å². The van der Waals surface area contributed by atoms with Crippen LogP contribution in [0.2, 0.25) is 0 Å². The van der Waals surface area contributed by atoms with E-state index in [9.17, 15) is 4.79 Å². The highest BCUT2D eigenvalue weighted by molar-refractivity contribution is 5.86. The summed E-state index contributed by atoms with van der Waals surface area (Å²) in [6.45, 7) is 0.776. The van der Waals surface area contributed by atoms with Crippen molar-refractivity contribution in [2.24, 2.45) is 0 Å². The number of benzene rings is 3. The van der Waals surface area contributed by atoms with Gasteiger partial charge >= 0.3 is 5.97 Å². The first kappa shape index (κ1) is 26.0. The Bertz CT molecular complexity index is 1310. The Balaban J connectivity index is 1.80. The summed E-state index contributed by atoms with van der Waals surface area (Å²) in [6, 6.07) is 26.3. The van der Waals surface area contributed by atoms with Gasteiger partial charge < -0.3 is 19.1 Å². The molecule has 0 unspecified atom stereocenters. The normalized spacial score (nSPS) is 10.9. The molecule has 0 amide bonds. The van der Waals surface area contributed by atoms with Crippen molar-refractivity contribution in [3.8, 4) is 45.4 Å². The third-order valence-corrected chi connectivity index (χ3v) is 6.50. The standard InChI is InChI=1S/C31H34N2O4/c1-36-26-19-12-10-17-24(26)29-30(25-18-11-13-20-27(25)37-2)33(22-14-5-3-4-9-21-28(34)35)31(32-29)23-15-7-6-8-16-23/h6-8,10-13,15-20H,3-5,9,14,21-22H2,1-2H3,(H,34,35). The smallest absolute Gasteiger partial charge is 0.303 e. The molecule has 0 fully saturated rings. The Morgan fingerprint density at radius 2 is 1.32 bits per heavy atom. The minimum atomic E-state index is -0.726. The number of para-hydroxylation sites is 2. The second kappa shape index (κ2) is 12.8. The summed E-state index contributed by atoms with van der Waals surface area (Å²) in [6.07, 6.45) is 4.86. The first-order valence-corrected chi connectivity index (χ1v) is 12.8. The van der Waals surface area contributed by atoms with Gasteiger partial charge in [-0.05, 0) is 37.1 Å². The second-order valence-electron chi connectivity index (χ2n) is 8.96. The number of aliphatic carboxylic acids is 1. The molecule has 0 atom stereocenters. The molecule has 4 aromatic rings. The lowest BCUT2D eigenvalue weighted by Gasteiger charge is -2.16. The maximum atomic E-state index is 10.8. The Morgan fingerprint density at radius 1 is 0.757 bits per heavy atom. The van der Waals surface area contributed by atoms with Crippen molar-refractivity contribution < 1.29 is 19.4 Å². The monoisotopic (exact) mass is 498 g/mol. The molecule has 192 valence electrons. The van der Waals surface area contributed by atoms with Crippen LogP contribution in [-0.4, -0.2) is 34.8 Å². The summed E-state index contributed by atoms with van der Waals surface area (Å²) >= 11 is 0. The largest absolute Gasteiger partial charge is 0.496 e. The fourth-order valence-corrected chi connectivity index (χ4v) is 4.70. The van der Waals surface area contributed by atoms with Gasteiger partial charge in [0.25, 0.3) is 0 Å². The first-order valence-electron chi connectivity index (χ1n) is 12.8. The zero-order chi connectivity index (χ0) is 26.0. The molecule has 0 bridgehead atoms. The highest BCUT2D eigenvalue weighted by Crippen LogP contribution is 2.42. The molecule has 37 heavy (non-hydrogen) atoms. The van der Waals surface area contributed by atoms with Crippen LogP contribution in [0.5, 0.6) is 11.5 Å². The number of ether oxygens (including phenoxy) is 2. The minimum Gasteiger partial charge on any atom is -0.496 e.